The zero-order valence-electron chi connectivity index (χ0n) is 11.3. The Morgan fingerprint density at radius 2 is 1.91 bits per heavy atom. The standard InChI is InChI=1S/C13H9Cl2F3N4S/c14-7-3-6(13(16,17)18)4-8(15)10(7)11-12(23-2-1-19)9(5-20)21-22-11/h3-4H,1-2,19H2,(H,21,22). The van der Waals surface area contributed by atoms with Crippen LogP contribution in [0.15, 0.2) is 17.0 Å². The second-order valence-corrected chi connectivity index (χ2v) is 6.26. The van der Waals surface area contributed by atoms with E-state index in [-0.39, 0.29) is 21.3 Å². The number of nitrogens with two attached hydrogens (primary N) is 1. The van der Waals surface area contributed by atoms with Gasteiger partial charge in [-0.05, 0) is 12.1 Å². The first-order valence-electron chi connectivity index (χ1n) is 6.17. The number of nitriles is 1. The lowest BCUT2D eigenvalue weighted by molar-refractivity contribution is -0.137. The third-order valence-electron chi connectivity index (χ3n) is 2.81. The van der Waals surface area contributed by atoms with Crippen molar-refractivity contribution in [1.29, 1.82) is 5.26 Å². The van der Waals surface area contributed by atoms with Gasteiger partial charge in [0.05, 0.1) is 26.2 Å². The van der Waals surface area contributed by atoms with Crippen LogP contribution in [-0.2, 0) is 6.18 Å². The van der Waals surface area contributed by atoms with Crippen LogP contribution in [0.2, 0.25) is 10.0 Å². The normalized spacial score (nSPS) is 11.5. The third kappa shape index (κ3) is 3.75. The number of aromatic nitrogens is 2. The minimum absolute atomic E-state index is 0.102. The van der Waals surface area contributed by atoms with E-state index in [0.717, 1.165) is 12.1 Å². The van der Waals surface area contributed by atoms with E-state index in [4.69, 9.17) is 34.2 Å². The predicted octanol–water partition coefficient (Wildman–Crippen LogP) is 4.32. The van der Waals surface area contributed by atoms with E-state index in [1.54, 1.807) is 0 Å². The number of nitrogens with zero attached hydrogens (tertiary/aromatic N) is 2. The lowest BCUT2D eigenvalue weighted by Gasteiger charge is -2.12. The number of hydrogen-bond acceptors (Lipinski definition) is 4. The highest BCUT2D eigenvalue weighted by molar-refractivity contribution is 7.99. The number of H-pyrrole nitrogens is 1. The molecule has 0 saturated heterocycles. The number of nitrogens with one attached hydrogen (secondary N) is 1. The Hall–Kier alpha value is -1.40. The van der Waals surface area contributed by atoms with Crippen LogP contribution in [0.4, 0.5) is 13.2 Å². The van der Waals surface area contributed by atoms with Crippen molar-refractivity contribution in [2.45, 2.75) is 11.1 Å². The van der Waals surface area contributed by atoms with Gasteiger partial charge in [0.1, 0.15) is 6.07 Å². The second kappa shape index (κ2) is 7.01. The first-order chi connectivity index (χ1) is 10.8. The number of aromatic amines is 1. The van der Waals surface area contributed by atoms with Crippen molar-refractivity contribution in [3.05, 3.63) is 33.4 Å². The van der Waals surface area contributed by atoms with Crippen LogP contribution >= 0.6 is 35.0 Å². The molecule has 0 aliphatic heterocycles. The molecule has 23 heavy (non-hydrogen) atoms. The van der Waals surface area contributed by atoms with Gasteiger partial charge in [-0.2, -0.15) is 23.5 Å². The minimum Gasteiger partial charge on any atom is -0.330 e. The van der Waals surface area contributed by atoms with Gasteiger partial charge in [0.2, 0.25) is 0 Å². The third-order valence-corrected chi connectivity index (χ3v) is 4.53. The molecule has 0 aliphatic rings. The topological polar surface area (TPSA) is 78.5 Å². The van der Waals surface area contributed by atoms with E-state index in [0.29, 0.717) is 22.9 Å². The molecule has 2 rings (SSSR count). The molecule has 122 valence electrons. The van der Waals surface area contributed by atoms with Gasteiger partial charge in [-0.3, -0.25) is 5.10 Å². The Morgan fingerprint density at radius 1 is 1.30 bits per heavy atom. The summed E-state index contributed by atoms with van der Waals surface area (Å²) in [6.45, 7) is 0.356. The molecule has 1 aromatic heterocycles. The average molecular weight is 381 g/mol. The molecule has 0 fully saturated rings. The van der Waals surface area contributed by atoms with E-state index in [9.17, 15) is 13.2 Å². The quantitative estimate of drug-likeness (QED) is 0.773. The van der Waals surface area contributed by atoms with E-state index >= 15 is 0 Å². The van der Waals surface area contributed by atoms with E-state index in [1.165, 1.54) is 11.8 Å². The van der Waals surface area contributed by atoms with Gasteiger partial charge >= 0.3 is 6.18 Å². The van der Waals surface area contributed by atoms with E-state index in [1.807, 2.05) is 6.07 Å². The molecule has 0 unspecified atom stereocenters. The van der Waals surface area contributed by atoms with Crippen LogP contribution in [0.1, 0.15) is 11.3 Å². The zero-order chi connectivity index (χ0) is 17.2. The van der Waals surface area contributed by atoms with Crippen molar-refractivity contribution in [3.63, 3.8) is 0 Å². The van der Waals surface area contributed by atoms with Crippen LogP contribution in [0, 0.1) is 11.3 Å². The number of hydrogen-bond donors (Lipinski definition) is 2. The number of alkyl halides is 3. The first kappa shape index (κ1) is 17.9. The first-order valence-corrected chi connectivity index (χ1v) is 7.91. The molecular formula is C13H9Cl2F3N4S. The van der Waals surface area contributed by atoms with Gasteiger partial charge in [0.25, 0.3) is 0 Å². The maximum absolute atomic E-state index is 12.8. The minimum atomic E-state index is -4.56. The summed E-state index contributed by atoms with van der Waals surface area (Å²) in [6.07, 6.45) is -4.56. The molecule has 0 aliphatic carbocycles. The summed E-state index contributed by atoms with van der Waals surface area (Å²) < 4.78 is 38.4. The zero-order valence-corrected chi connectivity index (χ0v) is 13.7. The van der Waals surface area contributed by atoms with Crippen LogP contribution in [0.3, 0.4) is 0 Å². The fourth-order valence-electron chi connectivity index (χ4n) is 1.85. The van der Waals surface area contributed by atoms with Gasteiger partial charge in [-0.1, -0.05) is 23.2 Å². The molecule has 0 bridgehead atoms. The fraction of sp³-hybridized carbons (Fsp3) is 0.231. The molecule has 4 nitrogen and oxygen atoms in total. The summed E-state index contributed by atoms with van der Waals surface area (Å²) in [5, 5.41) is 15.1. The molecule has 0 atom stereocenters. The highest BCUT2D eigenvalue weighted by Crippen LogP contribution is 2.43. The van der Waals surface area contributed by atoms with Crippen molar-refractivity contribution >= 4 is 35.0 Å². The molecule has 0 saturated carbocycles. The maximum atomic E-state index is 12.8. The molecule has 2 aromatic rings. The smallest absolute Gasteiger partial charge is 0.330 e. The largest absolute Gasteiger partial charge is 0.416 e. The van der Waals surface area contributed by atoms with Crippen molar-refractivity contribution in [3.8, 4) is 17.3 Å². The summed E-state index contributed by atoms with van der Waals surface area (Å²) in [4.78, 5) is 0.446. The number of halogens is 5. The number of rotatable bonds is 4. The van der Waals surface area contributed by atoms with Crippen LogP contribution in [0.5, 0.6) is 0 Å². The number of thioether (sulfide) groups is 1. The van der Waals surface area contributed by atoms with Gasteiger partial charge in [0, 0.05) is 17.9 Å². The van der Waals surface area contributed by atoms with Gasteiger partial charge in [-0.15, -0.1) is 11.8 Å². The van der Waals surface area contributed by atoms with Crippen molar-refractivity contribution in [2.24, 2.45) is 5.73 Å². The van der Waals surface area contributed by atoms with Crippen LogP contribution in [0.25, 0.3) is 11.3 Å². The Morgan fingerprint density at radius 3 is 2.39 bits per heavy atom. The molecular weight excluding hydrogens is 372 g/mol. The fourth-order valence-corrected chi connectivity index (χ4v) is 3.37. The highest BCUT2D eigenvalue weighted by atomic mass is 35.5. The Balaban J connectivity index is 2.60. The summed E-state index contributed by atoms with van der Waals surface area (Å²) in [7, 11) is 0. The second-order valence-electron chi connectivity index (χ2n) is 4.34. The summed E-state index contributed by atoms with van der Waals surface area (Å²) in [5.74, 6) is 0.497. The maximum Gasteiger partial charge on any atom is 0.416 e. The lowest BCUT2D eigenvalue weighted by atomic mass is 10.1. The molecule has 1 heterocycles. The van der Waals surface area contributed by atoms with Crippen molar-refractivity contribution in [2.75, 3.05) is 12.3 Å². The monoisotopic (exact) mass is 380 g/mol. The summed E-state index contributed by atoms with van der Waals surface area (Å²) >= 11 is 13.2. The van der Waals surface area contributed by atoms with Gasteiger partial charge in [0.15, 0.2) is 5.69 Å². The van der Waals surface area contributed by atoms with Crippen molar-refractivity contribution in [1.82, 2.24) is 10.2 Å². The molecule has 0 amide bonds. The molecule has 1 aromatic carbocycles. The Kier molecular flexibility index (Phi) is 5.47. The summed E-state index contributed by atoms with van der Waals surface area (Å²) in [6, 6.07) is 3.47. The Bertz CT molecular complexity index is 745. The predicted molar refractivity (Wildman–Crippen MR) is 83.5 cm³/mol. The van der Waals surface area contributed by atoms with E-state index in [2.05, 4.69) is 10.2 Å². The SMILES string of the molecule is N#Cc1n[nH]c(-c2c(Cl)cc(C(F)(F)F)cc2Cl)c1SCCN. The molecule has 10 heteroatoms. The van der Waals surface area contributed by atoms with Crippen LogP contribution in [-0.4, -0.2) is 22.5 Å². The van der Waals surface area contributed by atoms with Crippen LogP contribution < -0.4 is 5.73 Å². The van der Waals surface area contributed by atoms with Gasteiger partial charge in [-0.25, -0.2) is 0 Å². The van der Waals surface area contributed by atoms with E-state index < -0.39 is 11.7 Å². The number of benzene rings is 1. The average Bonchev–Trinajstić information content (AvgIpc) is 2.86. The van der Waals surface area contributed by atoms with Crippen molar-refractivity contribution < 1.29 is 13.2 Å². The van der Waals surface area contributed by atoms with Gasteiger partial charge < -0.3 is 5.73 Å². The highest BCUT2D eigenvalue weighted by Gasteiger charge is 2.32. The lowest BCUT2D eigenvalue weighted by Crippen LogP contribution is -2.05. The molecule has 3 N–H and O–H groups in total. The Labute approximate surface area is 143 Å². The molecule has 0 radical (unpaired) electrons. The summed E-state index contributed by atoms with van der Waals surface area (Å²) in [5.41, 5.74) is 5.05. The molecule has 0 spiro atoms.